The van der Waals surface area contributed by atoms with Crippen molar-refractivity contribution < 1.29 is 19.2 Å². The van der Waals surface area contributed by atoms with E-state index in [0.717, 1.165) is 50.9 Å². The van der Waals surface area contributed by atoms with Gasteiger partial charge in [0, 0.05) is 63.5 Å². The Balaban J connectivity index is 1.20. The Kier molecular flexibility index (Phi) is 12.0. The van der Waals surface area contributed by atoms with Gasteiger partial charge in [0.1, 0.15) is 17.8 Å². The van der Waals surface area contributed by atoms with Gasteiger partial charge in [-0.3, -0.25) is 28.8 Å². The Morgan fingerprint density at radius 1 is 0.854 bits per heavy atom. The third-order valence-electron chi connectivity index (χ3n) is 9.38. The SMILES string of the molecule is CCC(=O)N[C@H](Cc1ccc(NC(=O)[C@@H](NC(=O)c2ccnn2C(C)C)C2CCCC2)cc1)C(=O)N1CCN(Cc2ccccc2)CC1. The summed E-state index contributed by atoms with van der Waals surface area (Å²) in [5.74, 6) is -0.768. The lowest BCUT2D eigenvalue weighted by atomic mass is 9.96. The molecule has 48 heavy (non-hydrogen) atoms. The number of amides is 4. The van der Waals surface area contributed by atoms with Gasteiger partial charge < -0.3 is 20.9 Å². The standard InChI is InChI=1S/C37H49N7O4/c1-4-33(45)40-31(37(48)43-22-20-42(21-23-43)25-28-10-6-5-7-11-28)24-27-14-16-30(17-15-27)39-36(47)34(29-12-8-9-13-29)41-35(46)32-18-19-38-44(32)26(2)3/h5-7,10-11,14-19,26,29,31,34H,4,8-9,12-13,20-25H2,1-3H3,(H,39,47)(H,40,45)(H,41,46)/t31-,34+/m1/s1. The van der Waals surface area contributed by atoms with E-state index in [-0.39, 0.29) is 42.0 Å². The van der Waals surface area contributed by atoms with Gasteiger partial charge in [0.15, 0.2) is 0 Å². The first-order valence-electron chi connectivity index (χ1n) is 17.3. The van der Waals surface area contributed by atoms with Crippen LogP contribution >= 0.6 is 0 Å². The summed E-state index contributed by atoms with van der Waals surface area (Å²) in [5.41, 5.74) is 3.15. The van der Waals surface area contributed by atoms with Crippen LogP contribution in [-0.4, -0.2) is 81.5 Å². The van der Waals surface area contributed by atoms with Crippen molar-refractivity contribution >= 4 is 29.3 Å². The van der Waals surface area contributed by atoms with Gasteiger partial charge >= 0.3 is 0 Å². The molecule has 3 N–H and O–H groups in total. The highest BCUT2D eigenvalue weighted by molar-refractivity contribution is 6.00. The van der Waals surface area contributed by atoms with E-state index < -0.39 is 12.1 Å². The number of aromatic nitrogens is 2. The number of nitrogens with zero attached hydrogens (tertiary/aromatic N) is 4. The Morgan fingerprint density at radius 3 is 2.19 bits per heavy atom. The van der Waals surface area contributed by atoms with Crippen LogP contribution in [0.3, 0.4) is 0 Å². The minimum Gasteiger partial charge on any atom is -0.344 e. The van der Waals surface area contributed by atoms with Crippen LogP contribution in [0.1, 0.15) is 80.5 Å². The van der Waals surface area contributed by atoms with Crippen molar-refractivity contribution in [3.8, 4) is 0 Å². The molecule has 11 heteroatoms. The molecule has 3 aromatic rings. The molecule has 1 aromatic heterocycles. The van der Waals surface area contributed by atoms with Gasteiger partial charge in [-0.05, 0) is 61.9 Å². The number of carbonyl (C=O) groups excluding carboxylic acids is 4. The van der Waals surface area contributed by atoms with Crippen LogP contribution in [-0.2, 0) is 27.3 Å². The molecule has 4 amide bonds. The molecule has 2 fully saturated rings. The predicted octanol–water partition coefficient (Wildman–Crippen LogP) is 4.17. The van der Waals surface area contributed by atoms with Crippen molar-refractivity contribution in [3.05, 3.63) is 83.7 Å². The zero-order valence-corrected chi connectivity index (χ0v) is 28.4. The maximum absolute atomic E-state index is 13.7. The van der Waals surface area contributed by atoms with Crippen LogP contribution < -0.4 is 16.0 Å². The van der Waals surface area contributed by atoms with Crippen LogP contribution in [0.5, 0.6) is 0 Å². The Labute approximate surface area is 283 Å². The van der Waals surface area contributed by atoms with Crippen molar-refractivity contribution in [2.45, 2.75) is 84.0 Å². The number of piperazine rings is 1. The van der Waals surface area contributed by atoms with Crippen LogP contribution in [0.4, 0.5) is 5.69 Å². The average Bonchev–Trinajstić information content (AvgIpc) is 3.82. The summed E-state index contributed by atoms with van der Waals surface area (Å²) in [6.07, 6.45) is 6.04. The molecule has 0 spiro atoms. The van der Waals surface area contributed by atoms with E-state index in [1.54, 1.807) is 36.0 Å². The van der Waals surface area contributed by atoms with Gasteiger partial charge in [-0.1, -0.05) is 62.2 Å². The minimum atomic E-state index is -0.681. The highest BCUT2D eigenvalue weighted by Gasteiger charge is 2.33. The van der Waals surface area contributed by atoms with Crippen molar-refractivity contribution in [2.24, 2.45) is 5.92 Å². The first-order chi connectivity index (χ1) is 23.2. The molecular formula is C37H49N7O4. The number of hydrogen-bond acceptors (Lipinski definition) is 6. The number of hydrogen-bond donors (Lipinski definition) is 3. The molecule has 5 rings (SSSR count). The third kappa shape index (κ3) is 9.09. The Hall–Kier alpha value is -4.51. The second-order valence-electron chi connectivity index (χ2n) is 13.2. The Bertz CT molecular complexity index is 1520. The number of anilines is 1. The summed E-state index contributed by atoms with van der Waals surface area (Å²) in [7, 11) is 0. The van der Waals surface area contributed by atoms with Gasteiger partial charge in [0.2, 0.25) is 17.7 Å². The summed E-state index contributed by atoms with van der Waals surface area (Å²) >= 11 is 0. The summed E-state index contributed by atoms with van der Waals surface area (Å²) < 4.78 is 1.66. The summed E-state index contributed by atoms with van der Waals surface area (Å²) in [6, 6.07) is 18.0. The molecule has 1 aliphatic carbocycles. The largest absolute Gasteiger partial charge is 0.344 e. The molecule has 1 saturated heterocycles. The zero-order valence-electron chi connectivity index (χ0n) is 28.4. The maximum Gasteiger partial charge on any atom is 0.270 e. The first-order valence-corrected chi connectivity index (χ1v) is 17.3. The first kappa shape index (κ1) is 34.8. The average molecular weight is 656 g/mol. The monoisotopic (exact) mass is 655 g/mol. The molecule has 2 heterocycles. The molecule has 0 radical (unpaired) electrons. The van der Waals surface area contributed by atoms with Gasteiger partial charge in [-0.25, -0.2) is 0 Å². The van der Waals surface area contributed by atoms with E-state index in [4.69, 9.17) is 0 Å². The molecular weight excluding hydrogens is 606 g/mol. The van der Waals surface area contributed by atoms with Crippen molar-refractivity contribution in [1.29, 1.82) is 0 Å². The maximum atomic E-state index is 13.7. The van der Waals surface area contributed by atoms with E-state index in [9.17, 15) is 19.2 Å². The molecule has 256 valence electrons. The number of benzene rings is 2. The summed E-state index contributed by atoms with van der Waals surface area (Å²) in [4.78, 5) is 57.1. The van der Waals surface area contributed by atoms with E-state index in [2.05, 4.69) is 38.1 Å². The molecule has 1 aliphatic heterocycles. The normalized spacial score (nSPS) is 16.8. The smallest absolute Gasteiger partial charge is 0.270 e. The molecule has 0 unspecified atom stereocenters. The fourth-order valence-electron chi connectivity index (χ4n) is 6.67. The van der Waals surface area contributed by atoms with Gasteiger partial charge in [-0.2, -0.15) is 5.10 Å². The molecule has 2 aliphatic rings. The zero-order chi connectivity index (χ0) is 34.0. The fourth-order valence-corrected chi connectivity index (χ4v) is 6.67. The van der Waals surface area contributed by atoms with Crippen molar-refractivity contribution in [1.82, 2.24) is 30.2 Å². The van der Waals surface area contributed by atoms with E-state index in [1.807, 2.05) is 49.1 Å². The van der Waals surface area contributed by atoms with Crippen molar-refractivity contribution in [2.75, 3.05) is 31.5 Å². The van der Waals surface area contributed by atoms with Crippen LogP contribution in [0, 0.1) is 5.92 Å². The summed E-state index contributed by atoms with van der Waals surface area (Å²) in [5, 5.41) is 13.2. The van der Waals surface area contributed by atoms with E-state index in [0.29, 0.717) is 30.9 Å². The summed E-state index contributed by atoms with van der Waals surface area (Å²) in [6.45, 7) is 9.29. The number of carbonyl (C=O) groups is 4. The highest BCUT2D eigenvalue weighted by Crippen LogP contribution is 2.29. The second kappa shape index (κ2) is 16.5. The molecule has 2 atom stereocenters. The lowest BCUT2D eigenvalue weighted by Crippen LogP contribution is -2.55. The quantitative estimate of drug-likeness (QED) is 0.254. The third-order valence-corrected chi connectivity index (χ3v) is 9.38. The second-order valence-corrected chi connectivity index (χ2v) is 13.2. The Morgan fingerprint density at radius 2 is 1.54 bits per heavy atom. The number of rotatable bonds is 13. The van der Waals surface area contributed by atoms with Crippen molar-refractivity contribution in [3.63, 3.8) is 0 Å². The number of nitrogens with one attached hydrogen (secondary N) is 3. The van der Waals surface area contributed by atoms with Gasteiger partial charge in [0.05, 0.1) is 0 Å². The highest BCUT2D eigenvalue weighted by atomic mass is 16.2. The minimum absolute atomic E-state index is 0.0124. The van der Waals surface area contributed by atoms with Crippen LogP contribution in [0.2, 0.25) is 0 Å². The van der Waals surface area contributed by atoms with Gasteiger partial charge in [0.25, 0.3) is 5.91 Å². The van der Waals surface area contributed by atoms with E-state index >= 15 is 0 Å². The van der Waals surface area contributed by atoms with Crippen LogP contribution in [0.25, 0.3) is 0 Å². The van der Waals surface area contributed by atoms with E-state index in [1.165, 1.54) is 5.56 Å². The lowest BCUT2D eigenvalue weighted by Gasteiger charge is -2.36. The predicted molar refractivity (Wildman–Crippen MR) is 185 cm³/mol. The molecule has 2 aromatic carbocycles. The van der Waals surface area contributed by atoms with Crippen LogP contribution in [0.15, 0.2) is 66.9 Å². The fraction of sp³-hybridized carbons (Fsp3) is 0.486. The topological polar surface area (TPSA) is 129 Å². The lowest BCUT2D eigenvalue weighted by molar-refractivity contribution is -0.138. The van der Waals surface area contributed by atoms with Gasteiger partial charge in [-0.15, -0.1) is 0 Å². The molecule has 11 nitrogen and oxygen atoms in total. The molecule has 1 saturated carbocycles. The molecule has 0 bridgehead atoms.